The van der Waals surface area contributed by atoms with Crippen molar-refractivity contribution in [3.05, 3.63) is 77.0 Å². The Bertz CT molecular complexity index is 638. The van der Waals surface area contributed by atoms with Crippen LogP contribution < -0.4 is 0 Å². The zero-order chi connectivity index (χ0) is 16.1. The number of hydrogen-bond donors (Lipinski definition) is 0. The van der Waals surface area contributed by atoms with Gasteiger partial charge in [-0.15, -0.1) is 6.58 Å². The second kappa shape index (κ2) is 7.36. The van der Waals surface area contributed by atoms with Gasteiger partial charge in [0.2, 0.25) is 5.91 Å². The van der Waals surface area contributed by atoms with E-state index in [1.807, 2.05) is 48.5 Å². The van der Waals surface area contributed by atoms with E-state index in [4.69, 9.17) is 0 Å². The first-order valence-electron chi connectivity index (χ1n) is 7.04. The molecular weight excluding hydrogens is 340 g/mol. The Kier molecular flexibility index (Phi) is 5.50. The molecule has 0 unspecified atom stereocenters. The van der Waals surface area contributed by atoms with Crippen molar-refractivity contribution in [2.75, 3.05) is 14.1 Å². The molecule has 0 radical (unpaired) electrons. The predicted molar refractivity (Wildman–Crippen MR) is 92.8 cm³/mol. The second-order valence-electron chi connectivity index (χ2n) is 5.28. The maximum Gasteiger partial charge on any atom is 0.232 e. The van der Waals surface area contributed by atoms with Gasteiger partial charge in [0.25, 0.3) is 0 Å². The summed E-state index contributed by atoms with van der Waals surface area (Å²) in [5.41, 5.74) is 1.80. The van der Waals surface area contributed by atoms with E-state index < -0.39 is 0 Å². The fraction of sp³-hybridized carbons (Fsp3) is 0.222. The summed E-state index contributed by atoms with van der Waals surface area (Å²) in [4.78, 5) is 18.8. The number of amides is 1. The SMILES string of the molecule is C=C[C@H](c1ccccc1)[C@@H](C(=O)N(C)C)c1ccc(Br)cn1. The largest absolute Gasteiger partial charge is 0.348 e. The summed E-state index contributed by atoms with van der Waals surface area (Å²) < 4.78 is 0.891. The molecule has 114 valence electrons. The molecule has 3 nitrogen and oxygen atoms in total. The number of carbonyl (C=O) groups is 1. The molecule has 0 fully saturated rings. The van der Waals surface area contributed by atoms with Crippen LogP contribution in [0.2, 0.25) is 0 Å². The highest BCUT2D eigenvalue weighted by Gasteiger charge is 2.31. The zero-order valence-corrected chi connectivity index (χ0v) is 14.3. The third-order valence-corrected chi connectivity index (χ3v) is 4.04. The Morgan fingerprint density at radius 3 is 2.41 bits per heavy atom. The van der Waals surface area contributed by atoms with Gasteiger partial charge in [-0.05, 0) is 33.6 Å². The minimum atomic E-state index is -0.386. The summed E-state index contributed by atoms with van der Waals surface area (Å²) in [6.07, 6.45) is 3.54. The van der Waals surface area contributed by atoms with Gasteiger partial charge in [-0.2, -0.15) is 0 Å². The molecule has 1 amide bonds. The average molecular weight is 359 g/mol. The number of likely N-dealkylation sites (N-methyl/N-ethyl adjacent to an activating group) is 1. The summed E-state index contributed by atoms with van der Waals surface area (Å²) in [5.74, 6) is -0.489. The number of benzene rings is 1. The molecule has 0 spiro atoms. The van der Waals surface area contributed by atoms with Crippen molar-refractivity contribution in [1.82, 2.24) is 9.88 Å². The third kappa shape index (κ3) is 3.63. The van der Waals surface area contributed by atoms with E-state index in [1.54, 1.807) is 25.2 Å². The van der Waals surface area contributed by atoms with Crippen LogP contribution in [0.5, 0.6) is 0 Å². The highest BCUT2D eigenvalue weighted by Crippen LogP contribution is 2.34. The Hall–Kier alpha value is -1.94. The maximum atomic E-state index is 12.7. The van der Waals surface area contributed by atoms with Gasteiger partial charge in [0.15, 0.2) is 0 Å². The number of aromatic nitrogens is 1. The van der Waals surface area contributed by atoms with Crippen LogP contribution in [0, 0.1) is 0 Å². The van der Waals surface area contributed by atoms with Crippen LogP contribution in [0.3, 0.4) is 0 Å². The van der Waals surface area contributed by atoms with Gasteiger partial charge in [-0.25, -0.2) is 0 Å². The van der Waals surface area contributed by atoms with Crippen molar-refractivity contribution < 1.29 is 4.79 Å². The summed E-state index contributed by atoms with van der Waals surface area (Å²) >= 11 is 3.38. The number of carbonyl (C=O) groups excluding carboxylic acids is 1. The number of hydrogen-bond acceptors (Lipinski definition) is 2. The fourth-order valence-corrected chi connectivity index (χ4v) is 2.69. The minimum absolute atomic E-state index is 0.0172. The first-order valence-corrected chi connectivity index (χ1v) is 7.84. The van der Waals surface area contributed by atoms with Crippen LogP contribution in [0.15, 0.2) is 65.8 Å². The number of allylic oxidation sites excluding steroid dienone is 1. The molecule has 1 heterocycles. The van der Waals surface area contributed by atoms with Gasteiger partial charge >= 0.3 is 0 Å². The summed E-state index contributed by atoms with van der Waals surface area (Å²) in [6, 6.07) is 13.7. The first kappa shape index (κ1) is 16.4. The highest BCUT2D eigenvalue weighted by atomic mass is 79.9. The van der Waals surface area contributed by atoms with Gasteiger partial charge in [-0.1, -0.05) is 36.4 Å². The zero-order valence-electron chi connectivity index (χ0n) is 12.7. The molecule has 0 N–H and O–H groups in total. The van der Waals surface area contributed by atoms with Gasteiger partial charge in [-0.3, -0.25) is 9.78 Å². The van der Waals surface area contributed by atoms with Crippen LogP contribution >= 0.6 is 15.9 Å². The molecule has 2 rings (SSSR count). The van der Waals surface area contributed by atoms with Gasteiger partial charge in [0, 0.05) is 30.7 Å². The molecule has 0 aliphatic heterocycles. The first-order chi connectivity index (χ1) is 10.5. The Morgan fingerprint density at radius 1 is 1.23 bits per heavy atom. The Labute approximate surface area is 139 Å². The lowest BCUT2D eigenvalue weighted by Crippen LogP contribution is -2.32. The molecular formula is C18H19BrN2O. The van der Waals surface area contributed by atoms with Crippen LogP contribution in [0.1, 0.15) is 23.1 Å². The predicted octanol–water partition coefficient (Wildman–Crippen LogP) is 3.99. The standard InChI is InChI=1S/C18H19BrN2O/c1-4-15(13-8-6-5-7-9-13)17(18(22)21(2)3)16-11-10-14(19)12-20-16/h4-12,15,17H,1H2,2-3H3/t15-,17-/m1/s1. The maximum absolute atomic E-state index is 12.7. The smallest absolute Gasteiger partial charge is 0.232 e. The van der Waals surface area contributed by atoms with Gasteiger partial charge in [0.1, 0.15) is 0 Å². The molecule has 0 saturated heterocycles. The van der Waals surface area contributed by atoms with Crippen molar-refractivity contribution in [1.29, 1.82) is 0 Å². The second-order valence-corrected chi connectivity index (χ2v) is 6.20. The molecule has 0 aliphatic carbocycles. The molecule has 4 heteroatoms. The van der Waals surface area contributed by atoms with E-state index in [0.29, 0.717) is 0 Å². The Balaban J connectivity index is 2.49. The van der Waals surface area contributed by atoms with Crippen molar-refractivity contribution in [3.63, 3.8) is 0 Å². The lowest BCUT2D eigenvalue weighted by molar-refractivity contribution is -0.130. The van der Waals surface area contributed by atoms with Crippen molar-refractivity contribution in [2.24, 2.45) is 0 Å². The quantitative estimate of drug-likeness (QED) is 0.757. The minimum Gasteiger partial charge on any atom is -0.348 e. The van der Waals surface area contributed by atoms with Crippen molar-refractivity contribution in [2.45, 2.75) is 11.8 Å². The Morgan fingerprint density at radius 2 is 1.91 bits per heavy atom. The average Bonchev–Trinajstić information content (AvgIpc) is 2.53. The van der Waals surface area contributed by atoms with E-state index in [2.05, 4.69) is 27.5 Å². The van der Waals surface area contributed by atoms with Crippen LogP contribution in [0.4, 0.5) is 0 Å². The molecule has 0 bridgehead atoms. The van der Waals surface area contributed by atoms with E-state index >= 15 is 0 Å². The molecule has 1 aromatic heterocycles. The van der Waals surface area contributed by atoms with Crippen molar-refractivity contribution in [3.8, 4) is 0 Å². The summed E-state index contributed by atoms with van der Waals surface area (Å²) in [6.45, 7) is 3.94. The summed E-state index contributed by atoms with van der Waals surface area (Å²) in [7, 11) is 3.53. The monoisotopic (exact) mass is 358 g/mol. The van der Waals surface area contributed by atoms with E-state index in [-0.39, 0.29) is 17.7 Å². The van der Waals surface area contributed by atoms with Crippen LogP contribution in [-0.4, -0.2) is 29.9 Å². The fourth-order valence-electron chi connectivity index (χ4n) is 2.45. The topological polar surface area (TPSA) is 33.2 Å². The molecule has 22 heavy (non-hydrogen) atoms. The summed E-state index contributed by atoms with van der Waals surface area (Å²) in [5, 5.41) is 0. The van der Waals surface area contributed by atoms with Crippen LogP contribution in [0.25, 0.3) is 0 Å². The third-order valence-electron chi connectivity index (χ3n) is 3.57. The molecule has 1 aromatic carbocycles. The van der Waals surface area contributed by atoms with Crippen molar-refractivity contribution >= 4 is 21.8 Å². The number of pyridine rings is 1. The highest BCUT2D eigenvalue weighted by molar-refractivity contribution is 9.10. The van der Waals surface area contributed by atoms with Gasteiger partial charge < -0.3 is 4.90 Å². The van der Waals surface area contributed by atoms with E-state index in [1.165, 1.54) is 0 Å². The molecule has 0 aliphatic rings. The molecule has 2 atom stereocenters. The lowest BCUT2D eigenvalue weighted by atomic mass is 9.82. The number of nitrogens with zero attached hydrogens (tertiary/aromatic N) is 2. The van der Waals surface area contributed by atoms with E-state index in [9.17, 15) is 4.79 Å². The van der Waals surface area contributed by atoms with E-state index in [0.717, 1.165) is 15.7 Å². The normalized spacial score (nSPS) is 13.2. The molecule has 2 aromatic rings. The molecule has 0 saturated carbocycles. The number of rotatable bonds is 5. The number of halogens is 1. The lowest BCUT2D eigenvalue weighted by Gasteiger charge is -2.26. The van der Waals surface area contributed by atoms with Gasteiger partial charge in [0.05, 0.1) is 11.6 Å². The van der Waals surface area contributed by atoms with Crippen LogP contribution in [-0.2, 0) is 4.79 Å².